The standard InChI is InChI=1S/C10H19N3O2S/c1-4-13-7-10(5-9(13)6-11)16(14,15)12-8(2)3/h5,7-8,12H,4,6,11H2,1-3H3. The van der Waals surface area contributed by atoms with Crippen LogP contribution < -0.4 is 10.5 Å². The molecule has 16 heavy (non-hydrogen) atoms. The third kappa shape index (κ3) is 2.84. The first-order valence-electron chi connectivity index (χ1n) is 5.32. The summed E-state index contributed by atoms with van der Waals surface area (Å²) in [5.41, 5.74) is 6.37. The molecular weight excluding hydrogens is 226 g/mol. The average Bonchev–Trinajstić information content (AvgIpc) is 2.59. The molecule has 1 aromatic rings. The zero-order valence-electron chi connectivity index (χ0n) is 9.90. The highest BCUT2D eigenvalue weighted by molar-refractivity contribution is 7.89. The number of sulfonamides is 1. The molecule has 0 saturated carbocycles. The molecule has 3 N–H and O–H groups in total. The van der Waals surface area contributed by atoms with Crippen LogP contribution >= 0.6 is 0 Å². The Morgan fingerprint density at radius 3 is 2.50 bits per heavy atom. The lowest BCUT2D eigenvalue weighted by molar-refractivity contribution is 0.569. The molecular formula is C10H19N3O2S. The molecule has 1 heterocycles. The molecule has 0 spiro atoms. The van der Waals surface area contributed by atoms with Gasteiger partial charge in [-0.25, -0.2) is 13.1 Å². The fourth-order valence-corrected chi connectivity index (χ4v) is 2.83. The molecule has 0 saturated heterocycles. The second kappa shape index (κ2) is 4.99. The van der Waals surface area contributed by atoms with E-state index in [4.69, 9.17) is 5.73 Å². The van der Waals surface area contributed by atoms with Crippen LogP contribution in [0.2, 0.25) is 0 Å². The van der Waals surface area contributed by atoms with E-state index in [-0.39, 0.29) is 10.9 Å². The van der Waals surface area contributed by atoms with Crippen molar-refractivity contribution < 1.29 is 8.42 Å². The van der Waals surface area contributed by atoms with Gasteiger partial charge >= 0.3 is 0 Å². The van der Waals surface area contributed by atoms with Gasteiger partial charge in [-0.2, -0.15) is 0 Å². The minimum Gasteiger partial charge on any atom is -0.349 e. The minimum atomic E-state index is -3.41. The van der Waals surface area contributed by atoms with Gasteiger partial charge in [0, 0.05) is 31.0 Å². The van der Waals surface area contributed by atoms with Crippen LogP contribution in [0.4, 0.5) is 0 Å². The van der Waals surface area contributed by atoms with Crippen LogP contribution in [0.15, 0.2) is 17.2 Å². The molecule has 0 aromatic carbocycles. The van der Waals surface area contributed by atoms with Crippen LogP contribution in [-0.4, -0.2) is 19.0 Å². The molecule has 0 fully saturated rings. The lowest BCUT2D eigenvalue weighted by Gasteiger charge is -2.07. The van der Waals surface area contributed by atoms with E-state index in [1.807, 2.05) is 11.5 Å². The lowest BCUT2D eigenvalue weighted by atomic mass is 10.4. The number of nitrogens with two attached hydrogens (primary N) is 1. The summed E-state index contributed by atoms with van der Waals surface area (Å²) in [5, 5.41) is 0. The van der Waals surface area contributed by atoms with Gasteiger partial charge < -0.3 is 10.3 Å². The number of nitrogens with one attached hydrogen (secondary N) is 1. The van der Waals surface area contributed by atoms with Crippen molar-refractivity contribution in [2.45, 2.75) is 44.8 Å². The van der Waals surface area contributed by atoms with Crippen LogP contribution in [0.3, 0.4) is 0 Å². The summed E-state index contributed by atoms with van der Waals surface area (Å²) in [4.78, 5) is 0.281. The summed E-state index contributed by atoms with van der Waals surface area (Å²) in [6, 6.07) is 1.50. The summed E-state index contributed by atoms with van der Waals surface area (Å²) in [7, 11) is -3.41. The van der Waals surface area contributed by atoms with E-state index in [2.05, 4.69) is 4.72 Å². The second-order valence-electron chi connectivity index (χ2n) is 3.93. The Balaban J connectivity index is 3.09. The molecule has 0 radical (unpaired) electrons. The van der Waals surface area contributed by atoms with Gasteiger partial charge in [-0.3, -0.25) is 0 Å². The minimum absolute atomic E-state index is 0.115. The van der Waals surface area contributed by atoms with Crippen LogP contribution in [0.5, 0.6) is 0 Å². The molecule has 1 aromatic heterocycles. The molecule has 0 bridgehead atoms. The lowest BCUT2D eigenvalue weighted by Crippen LogP contribution is -2.29. The van der Waals surface area contributed by atoms with Crippen molar-refractivity contribution in [3.05, 3.63) is 18.0 Å². The Morgan fingerprint density at radius 1 is 1.50 bits per heavy atom. The molecule has 6 heteroatoms. The zero-order chi connectivity index (χ0) is 12.3. The molecule has 0 atom stereocenters. The summed E-state index contributed by atoms with van der Waals surface area (Å²) < 4.78 is 28.1. The molecule has 1 rings (SSSR count). The van der Waals surface area contributed by atoms with Crippen LogP contribution in [0, 0.1) is 0 Å². The summed E-state index contributed by atoms with van der Waals surface area (Å²) in [6.07, 6.45) is 1.62. The van der Waals surface area contributed by atoms with Crippen molar-refractivity contribution >= 4 is 10.0 Å². The maximum atomic E-state index is 11.9. The largest absolute Gasteiger partial charge is 0.349 e. The van der Waals surface area contributed by atoms with Crippen LogP contribution in [0.1, 0.15) is 26.5 Å². The van der Waals surface area contributed by atoms with Crippen molar-refractivity contribution in [1.29, 1.82) is 0 Å². The number of hydrogen-bond donors (Lipinski definition) is 2. The first kappa shape index (κ1) is 13.2. The molecule has 0 aliphatic rings. The Hall–Kier alpha value is -0.850. The number of nitrogens with zero attached hydrogens (tertiary/aromatic N) is 1. The number of aryl methyl sites for hydroxylation is 1. The molecule has 5 nitrogen and oxygen atoms in total. The van der Waals surface area contributed by atoms with E-state index < -0.39 is 10.0 Å². The Kier molecular flexibility index (Phi) is 4.12. The van der Waals surface area contributed by atoms with Crippen molar-refractivity contribution in [1.82, 2.24) is 9.29 Å². The second-order valence-corrected chi connectivity index (χ2v) is 5.65. The Labute approximate surface area is 96.7 Å². The third-order valence-electron chi connectivity index (χ3n) is 2.21. The number of aromatic nitrogens is 1. The van der Waals surface area contributed by atoms with Crippen molar-refractivity contribution in [2.75, 3.05) is 0 Å². The van der Waals surface area contributed by atoms with Crippen molar-refractivity contribution in [3.8, 4) is 0 Å². The predicted octanol–water partition coefficient (Wildman–Crippen LogP) is 0.653. The summed E-state index contributed by atoms with van der Waals surface area (Å²) >= 11 is 0. The van der Waals surface area contributed by atoms with Gasteiger partial charge in [0.1, 0.15) is 0 Å². The summed E-state index contributed by atoms with van der Waals surface area (Å²) in [5.74, 6) is 0. The average molecular weight is 245 g/mol. The first-order valence-corrected chi connectivity index (χ1v) is 6.80. The van der Waals surface area contributed by atoms with Gasteiger partial charge in [0.2, 0.25) is 10.0 Å². The monoisotopic (exact) mass is 245 g/mol. The highest BCUT2D eigenvalue weighted by Gasteiger charge is 2.18. The fourth-order valence-electron chi connectivity index (χ4n) is 1.52. The van der Waals surface area contributed by atoms with Crippen molar-refractivity contribution in [3.63, 3.8) is 0 Å². The van der Waals surface area contributed by atoms with Gasteiger partial charge in [0.15, 0.2) is 0 Å². The number of hydrogen-bond acceptors (Lipinski definition) is 3. The van der Waals surface area contributed by atoms with E-state index in [0.717, 1.165) is 5.69 Å². The Morgan fingerprint density at radius 2 is 2.12 bits per heavy atom. The van der Waals surface area contributed by atoms with Gasteiger partial charge in [0.25, 0.3) is 0 Å². The van der Waals surface area contributed by atoms with Gasteiger partial charge in [-0.15, -0.1) is 0 Å². The van der Waals surface area contributed by atoms with Gasteiger partial charge in [-0.1, -0.05) is 0 Å². The van der Waals surface area contributed by atoms with Gasteiger partial charge in [-0.05, 0) is 26.8 Å². The van der Waals surface area contributed by atoms with Crippen LogP contribution in [-0.2, 0) is 23.1 Å². The van der Waals surface area contributed by atoms with E-state index >= 15 is 0 Å². The highest BCUT2D eigenvalue weighted by atomic mass is 32.2. The van der Waals surface area contributed by atoms with Gasteiger partial charge in [0.05, 0.1) is 4.90 Å². The zero-order valence-corrected chi connectivity index (χ0v) is 10.7. The predicted molar refractivity (Wildman–Crippen MR) is 63.5 cm³/mol. The van der Waals surface area contributed by atoms with E-state index in [1.54, 1.807) is 26.1 Å². The maximum Gasteiger partial charge on any atom is 0.242 e. The SMILES string of the molecule is CCn1cc(S(=O)(=O)NC(C)C)cc1CN. The number of rotatable bonds is 5. The quantitative estimate of drug-likeness (QED) is 0.799. The molecule has 0 aliphatic carbocycles. The highest BCUT2D eigenvalue weighted by Crippen LogP contribution is 2.14. The van der Waals surface area contributed by atoms with E-state index in [0.29, 0.717) is 13.1 Å². The van der Waals surface area contributed by atoms with Crippen LogP contribution in [0.25, 0.3) is 0 Å². The summed E-state index contributed by atoms with van der Waals surface area (Å²) in [6.45, 7) is 6.58. The molecule has 0 amide bonds. The topological polar surface area (TPSA) is 77.1 Å². The fraction of sp³-hybridized carbons (Fsp3) is 0.600. The molecule has 92 valence electrons. The molecule has 0 unspecified atom stereocenters. The maximum absolute atomic E-state index is 11.9. The smallest absolute Gasteiger partial charge is 0.242 e. The third-order valence-corrected chi connectivity index (χ3v) is 3.84. The van der Waals surface area contributed by atoms with Crippen molar-refractivity contribution in [2.24, 2.45) is 5.73 Å². The first-order chi connectivity index (χ1) is 7.40. The normalized spacial score (nSPS) is 12.3. The molecule has 0 aliphatic heterocycles. The van der Waals surface area contributed by atoms with E-state index in [1.165, 1.54) is 0 Å². The Bertz CT molecular complexity index is 427. The van der Waals surface area contributed by atoms with E-state index in [9.17, 15) is 8.42 Å².